The molecule has 0 saturated heterocycles. The van der Waals surface area contributed by atoms with Gasteiger partial charge in [0.1, 0.15) is 6.61 Å². The first-order valence-electron chi connectivity index (χ1n) is 10.5. The Bertz CT molecular complexity index is 1280. The second-order valence-corrected chi connectivity index (χ2v) is 9.24. The molecule has 0 N–H and O–H groups in total. The molecule has 2 aromatic carbocycles. The molecular weight excluding hydrogens is 475 g/mol. The number of halogens is 3. The van der Waals surface area contributed by atoms with Crippen molar-refractivity contribution in [2.45, 2.75) is 37.8 Å². The van der Waals surface area contributed by atoms with Crippen LogP contribution in [0.15, 0.2) is 42.5 Å². The fourth-order valence-corrected chi connectivity index (χ4v) is 4.24. The highest BCUT2D eigenvalue weighted by atomic mass is 32.2. The number of ether oxygens (including phenoxy) is 3. The van der Waals surface area contributed by atoms with E-state index in [-0.39, 0.29) is 24.7 Å². The molecule has 0 unspecified atom stereocenters. The smallest absolute Gasteiger partial charge is 0.485 e. The SMILES string of the molecule is COCOc1cc2nc(OS(=O)(=O)C(F)(F)F)c3c(c2cc1OCc1ccccc1)CCCC3. The standard InChI is InChI=1S/C23H22F3NO6S/c1-30-14-32-21-12-19-18(11-20(21)31-13-15-7-3-2-4-8-15)16-9-5-6-10-17(16)22(27-19)33-34(28,29)23(24,25)26/h2-4,7-8,11-12H,5-6,9-10,13-14H2,1H3. The number of hydrogen-bond donors (Lipinski definition) is 0. The lowest BCUT2D eigenvalue weighted by molar-refractivity contribution is -0.0501. The molecule has 1 heterocycles. The van der Waals surface area contributed by atoms with Crippen molar-refractivity contribution in [1.82, 2.24) is 4.98 Å². The van der Waals surface area contributed by atoms with Gasteiger partial charge in [-0.1, -0.05) is 30.3 Å². The largest absolute Gasteiger partial charge is 0.534 e. The van der Waals surface area contributed by atoms with Gasteiger partial charge in [0.15, 0.2) is 18.3 Å². The van der Waals surface area contributed by atoms with Crippen molar-refractivity contribution in [2.75, 3.05) is 13.9 Å². The van der Waals surface area contributed by atoms with Gasteiger partial charge in [0, 0.05) is 24.1 Å². The Hall–Kier alpha value is -3.05. The predicted molar refractivity (Wildman–Crippen MR) is 117 cm³/mol. The molecule has 0 spiro atoms. The van der Waals surface area contributed by atoms with Crippen molar-refractivity contribution >= 4 is 21.0 Å². The van der Waals surface area contributed by atoms with Crippen LogP contribution in [0.25, 0.3) is 10.9 Å². The zero-order valence-corrected chi connectivity index (χ0v) is 19.0. The molecule has 1 aromatic heterocycles. The van der Waals surface area contributed by atoms with E-state index in [1.54, 1.807) is 6.07 Å². The molecule has 0 aliphatic heterocycles. The number of nitrogens with zero attached hydrogens (tertiary/aromatic N) is 1. The lowest BCUT2D eigenvalue weighted by Crippen LogP contribution is -2.29. The van der Waals surface area contributed by atoms with Gasteiger partial charge in [-0.25, -0.2) is 4.98 Å². The van der Waals surface area contributed by atoms with Gasteiger partial charge in [-0.3, -0.25) is 0 Å². The van der Waals surface area contributed by atoms with Crippen LogP contribution in [-0.4, -0.2) is 32.8 Å². The van der Waals surface area contributed by atoms with E-state index >= 15 is 0 Å². The van der Waals surface area contributed by atoms with Gasteiger partial charge in [-0.15, -0.1) is 0 Å². The third-order valence-corrected chi connectivity index (χ3v) is 6.32. The molecule has 0 amide bonds. The van der Waals surface area contributed by atoms with Crippen LogP contribution in [0, 0.1) is 0 Å². The number of benzene rings is 2. The quantitative estimate of drug-likeness (QED) is 0.249. The molecule has 7 nitrogen and oxygen atoms in total. The van der Waals surface area contributed by atoms with Crippen LogP contribution in [-0.2, 0) is 34.3 Å². The van der Waals surface area contributed by atoms with Crippen LogP contribution in [0.3, 0.4) is 0 Å². The van der Waals surface area contributed by atoms with Crippen molar-refractivity contribution in [3.05, 3.63) is 59.2 Å². The number of aryl methyl sites for hydroxylation is 1. The van der Waals surface area contributed by atoms with Crippen LogP contribution in [0.2, 0.25) is 0 Å². The minimum atomic E-state index is -5.86. The van der Waals surface area contributed by atoms with E-state index in [0.717, 1.165) is 12.0 Å². The third-order valence-electron chi connectivity index (χ3n) is 5.38. The molecule has 1 aliphatic carbocycles. The topological polar surface area (TPSA) is 84.0 Å². The van der Waals surface area contributed by atoms with Crippen LogP contribution >= 0.6 is 0 Å². The van der Waals surface area contributed by atoms with E-state index in [0.29, 0.717) is 41.5 Å². The Labute approximate surface area is 194 Å². The normalized spacial score (nSPS) is 14.0. The van der Waals surface area contributed by atoms with E-state index in [9.17, 15) is 21.6 Å². The van der Waals surface area contributed by atoms with Crippen LogP contribution in [0.4, 0.5) is 13.2 Å². The van der Waals surface area contributed by atoms with Crippen LogP contribution in [0.1, 0.15) is 29.5 Å². The summed E-state index contributed by atoms with van der Waals surface area (Å²) >= 11 is 0. The molecular formula is C23H22F3NO6S. The van der Waals surface area contributed by atoms with Gasteiger partial charge in [0.2, 0.25) is 5.88 Å². The highest BCUT2D eigenvalue weighted by Crippen LogP contribution is 2.40. The summed E-state index contributed by atoms with van der Waals surface area (Å²) < 4.78 is 83.2. The molecule has 4 rings (SSSR count). The minimum Gasteiger partial charge on any atom is -0.485 e. The summed E-state index contributed by atoms with van der Waals surface area (Å²) in [5.74, 6) is 0.0906. The van der Waals surface area contributed by atoms with Gasteiger partial charge in [0.25, 0.3) is 0 Å². The summed E-state index contributed by atoms with van der Waals surface area (Å²) in [5, 5.41) is 0.638. The lowest BCUT2D eigenvalue weighted by Gasteiger charge is -2.22. The number of hydrogen-bond acceptors (Lipinski definition) is 7. The minimum absolute atomic E-state index is 0.107. The van der Waals surface area contributed by atoms with Gasteiger partial charge in [0.05, 0.1) is 5.52 Å². The number of methoxy groups -OCH3 is 1. The van der Waals surface area contributed by atoms with Crippen molar-refractivity contribution in [3.63, 3.8) is 0 Å². The predicted octanol–water partition coefficient (Wildman–Crippen LogP) is 4.90. The van der Waals surface area contributed by atoms with Crippen LogP contribution < -0.4 is 13.7 Å². The highest BCUT2D eigenvalue weighted by molar-refractivity contribution is 7.87. The second-order valence-electron chi connectivity index (χ2n) is 7.71. The molecule has 34 heavy (non-hydrogen) atoms. The maximum atomic E-state index is 13.0. The number of aromatic nitrogens is 1. The van der Waals surface area contributed by atoms with Crippen molar-refractivity contribution in [3.8, 4) is 17.4 Å². The summed E-state index contributed by atoms with van der Waals surface area (Å²) in [5.41, 5.74) is -3.36. The Morgan fingerprint density at radius 3 is 2.32 bits per heavy atom. The van der Waals surface area contributed by atoms with E-state index in [4.69, 9.17) is 14.2 Å². The van der Waals surface area contributed by atoms with Gasteiger partial charge in [-0.05, 0) is 42.9 Å². The zero-order chi connectivity index (χ0) is 24.3. The monoisotopic (exact) mass is 497 g/mol. The Kier molecular flexibility index (Phi) is 6.85. The maximum absolute atomic E-state index is 13.0. The second kappa shape index (κ2) is 9.67. The molecule has 0 bridgehead atoms. The molecule has 182 valence electrons. The first kappa shape index (κ1) is 24.1. The van der Waals surface area contributed by atoms with Gasteiger partial charge < -0.3 is 18.4 Å². The summed E-state index contributed by atoms with van der Waals surface area (Å²) in [6.45, 7) is 0.153. The Balaban J connectivity index is 1.80. The van der Waals surface area contributed by atoms with E-state index < -0.39 is 21.5 Å². The molecule has 1 aliphatic rings. The fourth-order valence-electron chi connectivity index (χ4n) is 3.80. The molecule has 11 heteroatoms. The number of fused-ring (bicyclic) bond motifs is 3. The summed E-state index contributed by atoms with van der Waals surface area (Å²) in [6, 6.07) is 12.7. The molecule has 0 atom stereocenters. The van der Waals surface area contributed by atoms with E-state index in [2.05, 4.69) is 9.17 Å². The Morgan fingerprint density at radius 2 is 1.65 bits per heavy atom. The van der Waals surface area contributed by atoms with Crippen LogP contribution in [0.5, 0.6) is 17.4 Å². The van der Waals surface area contributed by atoms with Gasteiger partial charge >= 0.3 is 15.6 Å². The Morgan fingerprint density at radius 1 is 0.971 bits per heavy atom. The number of pyridine rings is 1. The number of alkyl halides is 3. The average Bonchev–Trinajstić information content (AvgIpc) is 2.81. The molecule has 0 radical (unpaired) electrons. The maximum Gasteiger partial charge on any atom is 0.534 e. The number of rotatable bonds is 8. The summed E-state index contributed by atoms with van der Waals surface area (Å²) in [7, 11) is -4.42. The zero-order valence-electron chi connectivity index (χ0n) is 18.2. The van der Waals surface area contributed by atoms with Crippen molar-refractivity contribution < 1.29 is 40.0 Å². The van der Waals surface area contributed by atoms with E-state index in [1.807, 2.05) is 30.3 Å². The molecule has 3 aromatic rings. The van der Waals surface area contributed by atoms with Crippen molar-refractivity contribution in [1.29, 1.82) is 0 Å². The lowest BCUT2D eigenvalue weighted by atomic mass is 9.89. The summed E-state index contributed by atoms with van der Waals surface area (Å²) in [4.78, 5) is 4.14. The van der Waals surface area contributed by atoms with E-state index in [1.165, 1.54) is 13.2 Å². The fraction of sp³-hybridized carbons (Fsp3) is 0.348. The highest BCUT2D eigenvalue weighted by Gasteiger charge is 2.49. The molecule has 0 saturated carbocycles. The first-order valence-corrected chi connectivity index (χ1v) is 11.9. The first-order chi connectivity index (χ1) is 16.2. The van der Waals surface area contributed by atoms with Crippen molar-refractivity contribution in [2.24, 2.45) is 0 Å². The summed E-state index contributed by atoms with van der Waals surface area (Å²) in [6.07, 6.45) is 2.35. The average molecular weight is 497 g/mol. The van der Waals surface area contributed by atoms with Gasteiger partial charge in [-0.2, -0.15) is 21.6 Å². The molecule has 0 fully saturated rings. The third kappa shape index (κ3) is 5.05.